The molecule has 2 rings (SSSR count). The Morgan fingerprint density at radius 1 is 1.38 bits per heavy atom. The van der Waals surface area contributed by atoms with Crippen LogP contribution in [0.1, 0.15) is 37.7 Å². The molecule has 16 heavy (non-hydrogen) atoms. The van der Waals surface area contributed by atoms with Crippen molar-refractivity contribution < 1.29 is 0 Å². The van der Waals surface area contributed by atoms with E-state index in [1.807, 2.05) is 6.20 Å². The largest absolute Gasteiger partial charge is 0.357 e. The van der Waals surface area contributed by atoms with Gasteiger partial charge in [0.05, 0.1) is 0 Å². The Balaban J connectivity index is 2.14. The molecule has 1 aromatic rings. The second-order valence-electron chi connectivity index (χ2n) is 4.63. The third-order valence-corrected chi connectivity index (χ3v) is 3.37. The van der Waals surface area contributed by atoms with Crippen LogP contribution in [0.3, 0.4) is 0 Å². The summed E-state index contributed by atoms with van der Waals surface area (Å²) in [5.41, 5.74) is 7.00. The third-order valence-electron chi connectivity index (χ3n) is 3.37. The van der Waals surface area contributed by atoms with E-state index in [9.17, 15) is 0 Å². The van der Waals surface area contributed by atoms with Gasteiger partial charge in [0, 0.05) is 19.3 Å². The number of rotatable bonds is 3. The Morgan fingerprint density at radius 3 is 2.81 bits per heavy atom. The lowest BCUT2D eigenvalue weighted by Crippen LogP contribution is -2.30. The van der Waals surface area contributed by atoms with Gasteiger partial charge in [-0.1, -0.05) is 6.92 Å². The molecular weight excluding hydrogens is 198 g/mol. The first-order valence-corrected chi connectivity index (χ1v) is 6.22. The molecule has 0 saturated carbocycles. The number of piperidine rings is 1. The van der Waals surface area contributed by atoms with E-state index in [0.717, 1.165) is 18.9 Å². The van der Waals surface area contributed by atoms with Crippen LogP contribution in [-0.4, -0.2) is 24.6 Å². The monoisotopic (exact) mass is 219 g/mol. The second-order valence-corrected chi connectivity index (χ2v) is 4.63. The van der Waals surface area contributed by atoms with E-state index < -0.39 is 0 Å². The van der Waals surface area contributed by atoms with Gasteiger partial charge in [0.25, 0.3) is 0 Å². The van der Waals surface area contributed by atoms with E-state index in [1.54, 1.807) is 0 Å². The summed E-state index contributed by atoms with van der Waals surface area (Å²) in [5.74, 6) is 1.55. The molecule has 1 saturated heterocycles. The van der Waals surface area contributed by atoms with Crippen LogP contribution in [0.15, 0.2) is 18.3 Å². The van der Waals surface area contributed by atoms with Crippen molar-refractivity contribution >= 4 is 5.82 Å². The van der Waals surface area contributed by atoms with E-state index in [-0.39, 0.29) is 0 Å². The Bertz CT molecular complexity index is 332. The Labute approximate surface area is 97.7 Å². The lowest BCUT2D eigenvalue weighted by atomic mass is 10.0. The summed E-state index contributed by atoms with van der Waals surface area (Å²) in [4.78, 5) is 6.85. The quantitative estimate of drug-likeness (QED) is 0.847. The Morgan fingerprint density at radius 2 is 2.12 bits per heavy atom. The minimum absolute atomic E-state index is 0.423. The zero-order valence-corrected chi connectivity index (χ0v) is 10.0. The number of nitrogens with zero attached hydrogens (tertiary/aromatic N) is 2. The average Bonchev–Trinajstić information content (AvgIpc) is 2.39. The van der Waals surface area contributed by atoms with E-state index in [2.05, 4.69) is 28.9 Å². The third kappa shape index (κ3) is 2.53. The molecule has 1 unspecified atom stereocenters. The predicted octanol–water partition coefficient (Wildman–Crippen LogP) is 2.13. The van der Waals surface area contributed by atoms with Crippen LogP contribution in [0.4, 0.5) is 5.82 Å². The van der Waals surface area contributed by atoms with E-state index in [4.69, 9.17) is 5.73 Å². The van der Waals surface area contributed by atoms with Gasteiger partial charge < -0.3 is 10.6 Å². The van der Waals surface area contributed by atoms with Crippen LogP contribution >= 0.6 is 0 Å². The fraction of sp³-hybridized carbons (Fsp3) is 0.615. The van der Waals surface area contributed by atoms with Gasteiger partial charge in [-0.25, -0.2) is 4.98 Å². The van der Waals surface area contributed by atoms with Crippen molar-refractivity contribution in [3.05, 3.63) is 23.9 Å². The molecule has 0 spiro atoms. The predicted molar refractivity (Wildman–Crippen MR) is 67.8 cm³/mol. The van der Waals surface area contributed by atoms with Gasteiger partial charge in [-0.2, -0.15) is 0 Å². The summed E-state index contributed by atoms with van der Waals surface area (Å²) in [7, 11) is 0. The molecule has 2 N–H and O–H groups in total. The molecule has 0 aliphatic carbocycles. The lowest BCUT2D eigenvalue weighted by Gasteiger charge is -2.28. The molecule has 1 aliphatic rings. The summed E-state index contributed by atoms with van der Waals surface area (Å²) >= 11 is 0. The van der Waals surface area contributed by atoms with Gasteiger partial charge in [-0.15, -0.1) is 0 Å². The minimum atomic E-state index is 0.423. The normalized spacial score (nSPS) is 18.5. The van der Waals surface area contributed by atoms with Crippen molar-refractivity contribution in [2.45, 2.75) is 32.1 Å². The summed E-state index contributed by atoms with van der Waals surface area (Å²) in [6, 6.07) is 4.27. The molecule has 1 aromatic heterocycles. The van der Waals surface area contributed by atoms with Crippen molar-refractivity contribution in [2.75, 3.05) is 24.5 Å². The lowest BCUT2D eigenvalue weighted by molar-refractivity contribution is 0.573. The van der Waals surface area contributed by atoms with E-state index in [0.29, 0.717) is 12.5 Å². The van der Waals surface area contributed by atoms with Gasteiger partial charge in [-0.05, 0) is 49.4 Å². The molecule has 1 atom stereocenters. The maximum atomic E-state index is 5.70. The highest BCUT2D eigenvalue weighted by molar-refractivity contribution is 5.42. The maximum absolute atomic E-state index is 5.70. The molecule has 0 amide bonds. The van der Waals surface area contributed by atoms with Crippen LogP contribution in [-0.2, 0) is 0 Å². The van der Waals surface area contributed by atoms with Crippen molar-refractivity contribution in [2.24, 2.45) is 5.73 Å². The van der Waals surface area contributed by atoms with Gasteiger partial charge in [0.15, 0.2) is 0 Å². The van der Waals surface area contributed by atoms with Crippen LogP contribution < -0.4 is 10.6 Å². The fourth-order valence-corrected chi connectivity index (χ4v) is 2.17. The van der Waals surface area contributed by atoms with Crippen LogP contribution in [0.25, 0.3) is 0 Å². The van der Waals surface area contributed by atoms with Crippen molar-refractivity contribution in [3.8, 4) is 0 Å². The summed E-state index contributed by atoms with van der Waals surface area (Å²) in [6.07, 6.45) is 5.84. The van der Waals surface area contributed by atoms with Crippen LogP contribution in [0, 0.1) is 0 Å². The number of nitrogens with two attached hydrogens (primary N) is 1. The number of pyridine rings is 1. The number of hydrogen-bond acceptors (Lipinski definition) is 3. The summed E-state index contributed by atoms with van der Waals surface area (Å²) in [5, 5.41) is 0. The molecule has 0 radical (unpaired) electrons. The molecule has 0 aromatic carbocycles. The molecular formula is C13H21N3. The van der Waals surface area contributed by atoms with E-state index in [1.165, 1.54) is 24.8 Å². The molecule has 1 aliphatic heterocycles. The van der Waals surface area contributed by atoms with E-state index >= 15 is 0 Å². The number of aromatic nitrogens is 1. The molecule has 3 nitrogen and oxygen atoms in total. The van der Waals surface area contributed by atoms with Crippen molar-refractivity contribution in [1.29, 1.82) is 0 Å². The van der Waals surface area contributed by atoms with Crippen LogP contribution in [0.2, 0.25) is 0 Å². The number of hydrogen-bond donors (Lipinski definition) is 1. The Kier molecular flexibility index (Phi) is 3.78. The summed E-state index contributed by atoms with van der Waals surface area (Å²) < 4.78 is 0. The van der Waals surface area contributed by atoms with Gasteiger partial charge >= 0.3 is 0 Å². The SMILES string of the molecule is CC(CN)c1ccnc(N2CCCCC2)c1. The van der Waals surface area contributed by atoms with Gasteiger partial charge in [-0.3, -0.25) is 0 Å². The number of anilines is 1. The Hall–Kier alpha value is -1.09. The van der Waals surface area contributed by atoms with Crippen molar-refractivity contribution in [1.82, 2.24) is 4.98 Å². The smallest absolute Gasteiger partial charge is 0.128 e. The molecule has 0 bridgehead atoms. The molecule has 1 fully saturated rings. The zero-order chi connectivity index (χ0) is 11.4. The van der Waals surface area contributed by atoms with Gasteiger partial charge in [0.2, 0.25) is 0 Å². The van der Waals surface area contributed by atoms with Crippen molar-refractivity contribution in [3.63, 3.8) is 0 Å². The molecule has 3 heteroatoms. The average molecular weight is 219 g/mol. The second kappa shape index (κ2) is 5.30. The molecule has 2 heterocycles. The minimum Gasteiger partial charge on any atom is -0.357 e. The maximum Gasteiger partial charge on any atom is 0.128 e. The first-order valence-electron chi connectivity index (χ1n) is 6.22. The first kappa shape index (κ1) is 11.4. The highest BCUT2D eigenvalue weighted by Crippen LogP contribution is 2.21. The highest BCUT2D eigenvalue weighted by atomic mass is 15.2. The van der Waals surface area contributed by atoms with Crippen LogP contribution in [0.5, 0.6) is 0 Å². The zero-order valence-electron chi connectivity index (χ0n) is 10.0. The highest BCUT2D eigenvalue weighted by Gasteiger charge is 2.13. The standard InChI is InChI=1S/C13H21N3/c1-11(10-14)12-5-6-15-13(9-12)16-7-3-2-4-8-16/h5-6,9,11H,2-4,7-8,10,14H2,1H3. The topological polar surface area (TPSA) is 42.1 Å². The van der Waals surface area contributed by atoms with Gasteiger partial charge in [0.1, 0.15) is 5.82 Å². The fourth-order valence-electron chi connectivity index (χ4n) is 2.17. The first-order chi connectivity index (χ1) is 7.81. The summed E-state index contributed by atoms with van der Waals surface area (Å²) in [6.45, 7) is 5.15. The molecule has 88 valence electrons.